The molecule has 4 rings (SSSR count). The Bertz CT molecular complexity index is 950. The molecule has 0 radical (unpaired) electrons. The molecule has 2 heterocycles. The minimum atomic E-state index is -0.202. The molecule has 0 bridgehead atoms. The molecule has 1 amide bonds. The van der Waals surface area contributed by atoms with Crippen molar-refractivity contribution in [3.05, 3.63) is 59.7 Å². The van der Waals surface area contributed by atoms with Crippen molar-refractivity contribution in [2.75, 3.05) is 19.1 Å². The SMILES string of the molecule is COc1ccc2c(c1)/C(=N\N=C1\CC(c3ccccc3)N=N1)C(=O)N2C. The summed E-state index contributed by atoms with van der Waals surface area (Å²) in [5.74, 6) is 0.974. The van der Waals surface area contributed by atoms with E-state index in [0.29, 0.717) is 23.6 Å². The lowest BCUT2D eigenvalue weighted by Gasteiger charge is -2.08. The predicted molar refractivity (Wildman–Crippen MR) is 99.0 cm³/mol. The van der Waals surface area contributed by atoms with Gasteiger partial charge in [-0.1, -0.05) is 30.3 Å². The normalized spacial score (nSPS) is 21.7. The first-order valence-corrected chi connectivity index (χ1v) is 8.24. The summed E-state index contributed by atoms with van der Waals surface area (Å²) in [5.41, 5.74) is 2.86. The minimum absolute atomic E-state index is 0.0514. The van der Waals surface area contributed by atoms with E-state index in [1.54, 1.807) is 25.1 Å². The number of carbonyl (C=O) groups excluding carboxylic acids is 1. The van der Waals surface area contributed by atoms with Crippen molar-refractivity contribution in [2.24, 2.45) is 20.4 Å². The molecular weight excluding hydrogens is 330 g/mol. The first-order chi connectivity index (χ1) is 12.7. The Balaban J connectivity index is 1.61. The topological polar surface area (TPSA) is 79.0 Å². The van der Waals surface area contributed by atoms with E-state index in [2.05, 4.69) is 20.4 Å². The second-order valence-electron chi connectivity index (χ2n) is 6.06. The first-order valence-electron chi connectivity index (χ1n) is 8.24. The van der Waals surface area contributed by atoms with Gasteiger partial charge in [0, 0.05) is 19.0 Å². The van der Waals surface area contributed by atoms with Crippen LogP contribution in [-0.2, 0) is 4.79 Å². The van der Waals surface area contributed by atoms with Crippen LogP contribution >= 0.6 is 0 Å². The maximum atomic E-state index is 12.5. The first kappa shape index (κ1) is 16.1. The molecule has 0 aliphatic carbocycles. The predicted octanol–water partition coefficient (Wildman–Crippen LogP) is 3.37. The van der Waals surface area contributed by atoms with E-state index in [4.69, 9.17) is 4.74 Å². The Morgan fingerprint density at radius 3 is 2.73 bits per heavy atom. The number of carbonyl (C=O) groups is 1. The van der Waals surface area contributed by atoms with Crippen LogP contribution in [0.1, 0.15) is 23.6 Å². The maximum Gasteiger partial charge on any atom is 0.279 e. The fourth-order valence-corrected chi connectivity index (χ4v) is 3.02. The molecule has 2 aliphatic rings. The van der Waals surface area contributed by atoms with Crippen LogP contribution in [0.3, 0.4) is 0 Å². The van der Waals surface area contributed by atoms with Crippen molar-refractivity contribution in [1.82, 2.24) is 0 Å². The molecule has 130 valence electrons. The van der Waals surface area contributed by atoms with Crippen molar-refractivity contribution >= 4 is 23.1 Å². The highest BCUT2D eigenvalue weighted by Crippen LogP contribution is 2.32. The minimum Gasteiger partial charge on any atom is -0.497 e. The molecule has 0 saturated carbocycles. The molecule has 2 aromatic carbocycles. The lowest BCUT2D eigenvalue weighted by atomic mass is 10.1. The quantitative estimate of drug-likeness (QED) is 0.798. The van der Waals surface area contributed by atoms with Gasteiger partial charge in [0.15, 0.2) is 11.5 Å². The van der Waals surface area contributed by atoms with Gasteiger partial charge in [0.05, 0.1) is 12.8 Å². The third-order valence-corrected chi connectivity index (χ3v) is 4.47. The number of amides is 1. The van der Waals surface area contributed by atoms with Crippen LogP contribution in [-0.4, -0.2) is 31.6 Å². The van der Waals surface area contributed by atoms with E-state index >= 15 is 0 Å². The number of ether oxygens (including phenoxy) is 1. The Morgan fingerprint density at radius 2 is 1.96 bits per heavy atom. The lowest BCUT2D eigenvalue weighted by molar-refractivity contribution is -0.111. The van der Waals surface area contributed by atoms with Gasteiger partial charge < -0.3 is 9.64 Å². The number of nitrogens with zero attached hydrogens (tertiary/aromatic N) is 5. The average molecular weight is 347 g/mol. The van der Waals surface area contributed by atoms with E-state index in [-0.39, 0.29) is 17.7 Å². The van der Waals surface area contributed by atoms with Gasteiger partial charge in [-0.05, 0) is 23.8 Å². The largest absolute Gasteiger partial charge is 0.497 e. The Labute approximate surface area is 150 Å². The fourth-order valence-electron chi connectivity index (χ4n) is 3.02. The smallest absolute Gasteiger partial charge is 0.279 e. The molecule has 0 spiro atoms. The Kier molecular flexibility index (Phi) is 4.04. The van der Waals surface area contributed by atoms with Gasteiger partial charge in [-0.3, -0.25) is 4.79 Å². The number of azo groups is 1. The summed E-state index contributed by atoms with van der Waals surface area (Å²) in [4.78, 5) is 14.0. The standard InChI is InChI=1S/C19H17N5O2/c1-24-16-9-8-13(26-2)10-14(16)18(19(24)25)23-22-17-11-15(20-21-17)12-6-4-3-5-7-12/h3-10,15H,11H2,1-2H3/b22-17-,23-18+. The molecule has 1 atom stereocenters. The van der Waals surface area contributed by atoms with Gasteiger partial charge in [0.2, 0.25) is 0 Å². The Morgan fingerprint density at radius 1 is 1.15 bits per heavy atom. The van der Waals surface area contributed by atoms with Crippen molar-refractivity contribution in [2.45, 2.75) is 12.5 Å². The molecule has 2 aliphatic heterocycles. The number of hydrogen-bond donors (Lipinski definition) is 0. The molecule has 0 fully saturated rings. The summed E-state index contributed by atoms with van der Waals surface area (Å²) in [6, 6.07) is 15.3. The monoisotopic (exact) mass is 347 g/mol. The van der Waals surface area contributed by atoms with E-state index in [0.717, 1.165) is 11.3 Å². The summed E-state index contributed by atoms with van der Waals surface area (Å²) in [6.07, 6.45) is 0.565. The number of hydrogen-bond acceptors (Lipinski definition) is 5. The third kappa shape index (κ3) is 2.77. The molecule has 7 heteroatoms. The number of fused-ring (bicyclic) bond motifs is 1. The Hall–Kier alpha value is -3.35. The van der Waals surface area contributed by atoms with Gasteiger partial charge in [-0.2, -0.15) is 5.11 Å². The number of rotatable bonds is 3. The zero-order valence-electron chi connectivity index (χ0n) is 14.5. The number of methoxy groups -OCH3 is 1. The van der Waals surface area contributed by atoms with Crippen molar-refractivity contribution in [3.63, 3.8) is 0 Å². The van der Waals surface area contributed by atoms with Crippen molar-refractivity contribution in [3.8, 4) is 5.75 Å². The summed E-state index contributed by atoms with van der Waals surface area (Å²) in [6.45, 7) is 0. The summed E-state index contributed by atoms with van der Waals surface area (Å²) in [5, 5.41) is 16.7. The lowest BCUT2D eigenvalue weighted by Crippen LogP contribution is -2.25. The summed E-state index contributed by atoms with van der Waals surface area (Å²) < 4.78 is 5.25. The summed E-state index contributed by atoms with van der Waals surface area (Å²) in [7, 11) is 3.30. The maximum absolute atomic E-state index is 12.5. The molecule has 0 aromatic heterocycles. The van der Waals surface area contributed by atoms with Crippen LogP contribution in [0.15, 0.2) is 69.0 Å². The highest BCUT2D eigenvalue weighted by atomic mass is 16.5. The van der Waals surface area contributed by atoms with Crippen molar-refractivity contribution < 1.29 is 9.53 Å². The van der Waals surface area contributed by atoms with Crippen molar-refractivity contribution in [1.29, 1.82) is 0 Å². The highest BCUT2D eigenvalue weighted by Gasteiger charge is 2.32. The van der Waals surface area contributed by atoms with Gasteiger partial charge in [-0.15, -0.1) is 15.3 Å². The van der Waals surface area contributed by atoms with Crippen LogP contribution < -0.4 is 9.64 Å². The molecule has 2 aromatic rings. The second-order valence-corrected chi connectivity index (χ2v) is 6.06. The number of anilines is 1. The van der Waals surface area contributed by atoms with E-state index in [9.17, 15) is 4.79 Å². The zero-order chi connectivity index (χ0) is 18.1. The van der Waals surface area contributed by atoms with Gasteiger partial charge in [0.1, 0.15) is 11.8 Å². The van der Waals surface area contributed by atoms with Gasteiger partial charge in [0.25, 0.3) is 5.91 Å². The molecular formula is C19H17N5O2. The highest BCUT2D eigenvalue weighted by molar-refractivity contribution is 6.54. The fraction of sp³-hybridized carbons (Fsp3) is 0.211. The van der Waals surface area contributed by atoms with E-state index in [1.807, 2.05) is 42.5 Å². The van der Waals surface area contributed by atoms with Crippen LogP contribution in [0.2, 0.25) is 0 Å². The number of benzene rings is 2. The van der Waals surface area contributed by atoms with Gasteiger partial charge in [-0.25, -0.2) is 0 Å². The van der Waals surface area contributed by atoms with E-state index in [1.165, 1.54) is 0 Å². The number of likely N-dealkylation sites (N-methyl/N-ethyl adjacent to an activating group) is 1. The van der Waals surface area contributed by atoms with Gasteiger partial charge >= 0.3 is 0 Å². The third-order valence-electron chi connectivity index (χ3n) is 4.47. The van der Waals surface area contributed by atoms with Crippen LogP contribution in [0, 0.1) is 0 Å². The van der Waals surface area contributed by atoms with Crippen LogP contribution in [0.4, 0.5) is 5.69 Å². The molecule has 7 nitrogen and oxygen atoms in total. The summed E-state index contributed by atoms with van der Waals surface area (Å²) >= 11 is 0. The molecule has 0 N–H and O–H groups in total. The zero-order valence-corrected chi connectivity index (χ0v) is 14.5. The molecule has 0 saturated heterocycles. The molecule has 1 unspecified atom stereocenters. The number of amidine groups is 1. The second kappa shape index (κ2) is 6.51. The average Bonchev–Trinajstić information content (AvgIpc) is 3.25. The molecule has 26 heavy (non-hydrogen) atoms. The van der Waals surface area contributed by atoms with Crippen LogP contribution in [0.25, 0.3) is 0 Å². The van der Waals surface area contributed by atoms with Crippen LogP contribution in [0.5, 0.6) is 5.75 Å². The van der Waals surface area contributed by atoms with E-state index < -0.39 is 0 Å².